The number of nitrogens with zero attached hydrogens (tertiary/aromatic N) is 3. The maximum absolute atomic E-state index is 13.0. The van der Waals surface area contributed by atoms with E-state index in [1.54, 1.807) is 13.0 Å². The smallest absolute Gasteiger partial charge is 0.378 e. The van der Waals surface area contributed by atoms with Gasteiger partial charge in [-0.3, -0.25) is 10.1 Å². The molecule has 0 spiro atoms. The van der Waals surface area contributed by atoms with Gasteiger partial charge < -0.3 is 15.2 Å². The van der Waals surface area contributed by atoms with E-state index in [0.717, 1.165) is 44.2 Å². The molecular formula is C21H27F3N6O2S. The van der Waals surface area contributed by atoms with Gasteiger partial charge in [0.05, 0.1) is 17.9 Å². The lowest BCUT2D eigenvalue weighted by atomic mass is 9.95. The summed E-state index contributed by atoms with van der Waals surface area (Å²) in [4.78, 5) is 23.6. The molecule has 0 radical (unpaired) electrons. The van der Waals surface area contributed by atoms with Crippen LogP contribution in [0.3, 0.4) is 0 Å². The lowest BCUT2D eigenvalue weighted by molar-refractivity contribution is -0.137. The Morgan fingerprint density at radius 3 is 2.64 bits per heavy atom. The number of anilines is 1. The molecule has 1 fully saturated rings. The number of nitrogens with one attached hydrogen (secondary N) is 3. The molecule has 1 heterocycles. The standard InChI is InChI=1S/C21H27F3N6O2S/c1-2-25-19(32)27-18(31)13-33-20-29-28-17(30(20)16-9-4-3-5-10-16)12-26-15-8-6-7-14(11-15)21(22,23)24/h6-8,11,16,26H,2-5,9-10,12-13H2,1H3,(H2,25,27,31,32). The Kier molecular flexibility index (Phi) is 8.59. The van der Waals surface area contributed by atoms with Gasteiger partial charge in [0.2, 0.25) is 5.91 Å². The van der Waals surface area contributed by atoms with Crippen molar-refractivity contribution in [3.63, 3.8) is 0 Å². The highest BCUT2D eigenvalue weighted by Crippen LogP contribution is 2.33. The van der Waals surface area contributed by atoms with Gasteiger partial charge in [-0.2, -0.15) is 13.2 Å². The van der Waals surface area contributed by atoms with E-state index in [0.29, 0.717) is 23.2 Å². The first-order chi connectivity index (χ1) is 15.8. The van der Waals surface area contributed by atoms with Crippen LogP contribution < -0.4 is 16.0 Å². The minimum atomic E-state index is -4.42. The fraction of sp³-hybridized carbons (Fsp3) is 0.524. The number of aromatic nitrogens is 3. The molecule has 0 bridgehead atoms. The van der Waals surface area contributed by atoms with E-state index in [4.69, 9.17) is 0 Å². The summed E-state index contributed by atoms with van der Waals surface area (Å²) in [6.07, 6.45) is 0.725. The topological polar surface area (TPSA) is 101 Å². The molecule has 8 nitrogen and oxygen atoms in total. The molecule has 1 aromatic heterocycles. The SMILES string of the molecule is CCNC(=O)NC(=O)CSc1nnc(CNc2cccc(C(F)(F)F)c2)n1C1CCCCC1. The number of rotatable bonds is 8. The zero-order chi connectivity index (χ0) is 23.8. The maximum atomic E-state index is 13.0. The molecule has 3 N–H and O–H groups in total. The van der Waals surface area contributed by atoms with E-state index in [1.165, 1.54) is 17.8 Å². The van der Waals surface area contributed by atoms with Gasteiger partial charge in [0.15, 0.2) is 11.0 Å². The summed E-state index contributed by atoms with van der Waals surface area (Å²) < 4.78 is 41.0. The Morgan fingerprint density at radius 1 is 1.18 bits per heavy atom. The predicted molar refractivity (Wildman–Crippen MR) is 119 cm³/mol. The number of carbonyl (C=O) groups excluding carboxylic acids is 2. The average molecular weight is 485 g/mol. The lowest BCUT2D eigenvalue weighted by Crippen LogP contribution is -2.40. The van der Waals surface area contributed by atoms with Gasteiger partial charge >= 0.3 is 12.2 Å². The van der Waals surface area contributed by atoms with Crippen LogP contribution >= 0.6 is 11.8 Å². The average Bonchev–Trinajstić information content (AvgIpc) is 3.19. The van der Waals surface area contributed by atoms with Gasteiger partial charge in [0.25, 0.3) is 0 Å². The van der Waals surface area contributed by atoms with E-state index in [2.05, 4.69) is 26.1 Å². The molecule has 33 heavy (non-hydrogen) atoms. The van der Waals surface area contributed by atoms with E-state index in [9.17, 15) is 22.8 Å². The van der Waals surface area contributed by atoms with Crippen molar-refractivity contribution in [1.29, 1.82) is 0 Å². The quantitative estimate of drug-likeness (QED) is 0.482. The van der Waals surface area contributed by atoms with Crippen molar-refractivity contribution in [2.75, 3.05) is 17.6 Å². The molecule has 1 saturated carbocycles. The zero-order valence-corrected chi connectivity index (χ0v) is 19.1. The Labute approximate surface area is 194 Å². The molecule has 0 saturated heterocycles. The van der Waals surface area contributed by atoms with Crippen LogP contribution in [0, 0.1) is 0 Å². The summed E-state index contributed by atoms with van der Waals surface area (Å²) in [7, 11) is 0. The second-order valence-corrected chi connectivity index (χ2v) is 8.63. The second-order valence-electron chi connectivity index (χ2n) is 7.69. The highest BCUT2D eigenvalue weighted by Gasteiger charge is 2.30. The molecule has 180 valence electrons. The summed E-state index contributed by atoms with van der Waals surface area (Å²) in [6.45, 7) is 2.35. The minimum Gasteiger partial charge on any atom is -0.378 e. The van der Waals surface area contributed by atoms with Crippen LogP contribution in [0.4, 0.5) is 23.7 Å². The molecule has 0 atom stereocenters. The predicted octanol–water partition coefficient (Wildman–Crippen LogP) is 4.35. The van der Waals surface area contributed by atoms with E-state index in [1.807, 2.05) is 4.57 Å². The van der Waals surface area contributed by atoms with Crippen molar-refractivity contribution in [2.45, 2.75) is 62.9 Å². The molecule has 3 amide bonds. The van der Waals surface area contributed by atoms with Crippen LogP contribution in [0.15, 0.2) is 29.4 Å². The summed E-state index contributed by atoms with van der Waals surface area (Å²) in [5, 5.41) is 16.8. The normalized spacial score (nSPS) is 14.7. The molecule has 1 aliphatic rings. The number of benzene rings is 1. The fourth-order valence-corrected chi connectivity index (χ4v) is 4.54. The summed E-state index contributed by atoms with van der Waals surface area (Å²) in [5.41, 5.74) is -0.394. The first-order valence-corrected chi connectivity index (χ1v) is 11.8. The molecule has 0 aliphatic heterocycles. The van der Waals surface area contributed by atoms with Crippen LogP contribution in [-0.2, 0) is 17.5 Å². The minimum absolute atomic E-state index is 0.0109. The fourth-order valence-electron chi connectivity index (χ4n) is 3.72. The number of urea groups is 1. The van der Waals surface area contributed by atoms with Crippen LogP contribution in [0.1, 0.15) is 56.5 Å². The molecule has 2 aromatic rings. The number of imide groups is 1. The third-order valence-electron chi connectivity index (χ3n) is 5.24. The third kappa shape index (κ3) is 7.11. The maximum Gasteiger partial charge on any atom is 0.416 e. The summed E-state index contributed by atoms with van der Waals surface area (Å²) in [6, 6.07) is 4.60. The number of carbonyl (C=O) groups is 2. The number of thioether (sulfide) groups is 1. The van der Waals surface area contributed by atoms with Crippen molar-refractivity contribution in [1.82, 2.24) is 25.4 Å². The number of amides is 3. The van der Waals surface area contributed by atoms with Crippen LogP contribution in [0.2, 0.25) is 0 Å². The number of hydrogen-bond acceptors (Lipinski definition) is 6. The molecule has 1 aromatic carbocycles. The van der Waals surface area contributed by atoms with Gasteiger partial charge in [0.1, 0.15) is 0 Å². The number of hydrogen-bond donors (Lipinski definition) is 3. The highest BCUT2D eigenvalue weighted by molar-refractivity contribution is 7.99. The molecular weight excluding hydrogens is 457 g/mol. The Morgan fingerprint density at radius 2 is 1.94 bits per heavy atom. The first kappa shape index (κ1) is 24.9. The van der Waals surface area contributed by atoms with Crippen molar-refractivity contribution in [3.05, 3.63) is 35.7 Å². The van der Waals surface area contributed by atoms with Crippen molar-refractivity contribution in [3.8, 4) is 0 Å². The monoisotopic (exact) mass is 484 g/mol. The van der Waals surface area contributed by atoms with Gasteiger partial charge in [-0.15, -0.1) is 10.2 Å². The van der Waals surface area contributed by atoms with E-state index < -0.39 is 23.7 Å². The molecule has 1 aliphatic carbocycles. The van der Waals surface area contributed by atoms with Crippen LogP contribution in [-0.4, -0.2) is 39.0 Å². The Hall–Kier alpha value is -2.76. The van der Waals surface area contributed by atoms with Gasteiger partial charge in [-0.25, -0.2) is 4.79 Å². The molecule has 3 rings (SSSR count). The van der Waals surface area contributed by atoms with Gasteiger partial charge in [0, 0.05) is 18.3 Å². The van der Waals surface area contributed by atoms with Crippen molar-refractivity contribution >= 4 is 29.4 Å². The largest absolute Gasteiger partial charge is 0.416 e. The van der Waals surface area contributed by atoms with E-state index >= 15 is 0 Å². The van der Waals surface area contributed by atoms with Crippen LogP contribution in [0.25, 0.3) is 0 Å². The van der Waals surface area contributed by atoms with Gasteiger partial charge in [-0.1, -0.05) is 37.1 Å². The van der Waals surface area contributed by atoms with Crippen molar-refractivity contribution < 1.29 is 22.8 Å². The van der Waals surface area contributed by atoms with Crippen LogP contribution in [0.5, 0.6) is 0 Å². The van der Waals surface area contributed by atoms with Crippen molar-refractivity contribution in [2.24, 2.45) is 0 Å². The Bertz CT molecular complexity index is 960. The highest BCUT2D eigenvalue weighted by atomic mass is 32.2. The van der Waals surface area contributed by atoms with E-state index in [-0.39, 0.29) is 18.3 Å². The number of alkyl halides is 3. The first-order valence-electron chi connectivity index (χ1n) is 10.8. The summed E-state index contributed by atoms with van der Waals surface area (Å²) >= 11 is 1.18. The Balaban J connectivity index is 1.72. The summed E-state index contributed by atoms with van der Waals surface area (Å²) in [5.74, 6) is 0.127. The number of halogens is 3. The lowest BCUT2D eigenvalue weighted by Gasteiger charge is -2.25. The second kappa shape index (κ2) is 11.4. The molecule has 12 heteroatoms. The zero-order valence-electron chi connectivity index (χ0n) is 18.2. The van der Waals surface area contributed by atoms with Gasteiger partial charge in [-0.05, 0) is 38.0 Å². The third-order valence-corrected chi connectivity index (χ3v) is 6.18. The molecule has 0 unspecified atom stereocenters.